The van der Waals surface area contributed by atoms with E-state index in [2.05, 4.69) is 4.72 Å². The van der Waals surface area contributed by atoms with Crippen LogP contribution < -0.4 is 9.46 Å². The first kappa shape index (κ1) is 13.9. The third-order valence-electron chi connectivity index (χ3n) is 2.13. The maximum absolute atomic E-state index is 12.9. The van der Waals surface area contributed by atoms with Crippen LogP contribution in [0.3, 0.4) is 0 Å². The molecule has 0 unspecified atom stereocenters. The standard InChI is InChI=1S/C11H16FNO3S/c1-3-10(8-13-17(2,14)15)16-11-6-4-5-9(12)7-11/h4-7,10,13H,3,8H2,1-2H3/t10-/m1/s1. The molecule has 4 nitrogen and oxygen atoms in total. The third-order valence-corrected chi connectivity index (χ3v) is 2.82. The van der Waals surface area contributed by atoms with Gasteiger partial charge in [0.1, 0.15) is 17.7 Å². The van der Waals surface area contributed by atoms with E-state index in [1.807, 2.05) is 6.92 Å². The molecule has 1 aromatic rings. The maximum atomic E-state index is 12.9. The molecule has 1 rings (SSSR count). The van der Waals surface area contributed by atoms with Crippen LogP contribution in [0.2, 0.25) is 0 Å². The summed E-state index contributed by atoms with van der Waals surface area (Å²) in [5.41, 5.74) is 0. The lowest BCUT2D eigenvalue weighted by Crippen LogP contribution is -2.34. The van der Waals surface area contributed by atoms with Gasteiger partial charge >= 0.3 is 0 Å². The van der Waals surface area contributed by atoms with Gasteiger partial charge in [-0.05, 0) is 18.6 Å². The van der Waals surface area contributed by atoms with E-state index < -0.39 is 10.0 Å². The van der Waals surface area contributed by atoms with Crippen molar-refractivity contribution in [2.45, 2.75) is 19.4 Å². The average molecular weight is 261 g/mol. The molecule has 17 heavy (non-hydrogen) atoms. The molecule has 0 aliphatic carbocycles. The van der Waals surface area contributed by atoms with Crippen LogP contribution in [0.4, 0.5) is 4.39 Å². The number of hydrogen-bond acceptors (Lipinski definition) is 3. The van der Waals surface area contributed by atoms with E-state index in [1.165, 1.54) is 12.1 Å². The van der Waals surface area contributed by atoms with Gasteiger partial charge in [-0.2, -0.15) is 0 Å². The number of sulfonamides is 1. The van der Waals surface area contributed by atoms with E-state index in [0.29, 0.717) is 12.2 Å². The topological polar surface area (TPSA) is 55.4 Å². The van der Waals surface area contributed by atoms with Gasteiger partial charge in [0.05, 0.1) is 6.26 Å². The number of nitrogens with one attached hydrogen (secondary N) is 1. The fourth-order valence-electron chi connectivity index (χ4n) is 1.25. The Hall–Kier alpha value is -1.14. The van der Waals surface area contributed by atoms with Crippen molar-refractivity contribution >= 4 is 10.0 Å². The monoisotopic (exact) mass is 261 g/mol. The van der Waals surface area contributed by atoms with Crippen LogP contribution in [0.1, 0.15) is 13.3 Å². The molecule has 1 aromatic carbocycles. The van der Waals surface area contributed by atoms with Gasteiger partial charge in [0.25, 0.3) is 0 Å². The lowest BCUT2D eigenvalue weighted by atomic mass is 10.2. The molecular weight excluding hydrogens is 245 g/mol. The number of benzene rings is 1. The van der Waals surface area contributed by atoms with Crippen LogP contribution in [0.15, 0.2) is 24.3 Å². The molecule has 0 amide bonds. The van der Waals surface area contributed by atoms with Gasteiger partial charge in [-0.3, -0.25) is 0 Å². The number of rotatable bonds is 6. The zero-order valence-electron chi connectivity index (χ0n) is 9.81. The van der Waals surface area contributed by atoms with Gasteiger partial charge in [-0.1, -0.05) is 13.0 Å². The highest BCUT2D eigenvalue weighted by Gasteiger charge is 2.11. The van der Waals surface area contributed by atoms with E-state index in [0.717, 1.165) is 6.26 Å². The highest BCUT2D eigenvalue weighted by Crippen LogP contribution is 2.14. The number of halogens is 1. The molecule has 0 radical (unpaired) electrons. The number of ether oxygens (including phenoxy) is 1. The van der Waals surface area contributed by atoms with Crippen LogP contribution in [0.25, 0.3) is 0 Å². The predicted octanol–water partition coefficient (Wildman–Crippen LogP) is 1.53. The zero-order chi connectivity index (χ0) is 12.9. The van der Waals surface area contributed by atoms with Crippen LogP contribution >= 0.6 is 0 Å². The molecule has 0 aromatic heterocycles. The van der Waals surface area contributed by atoms with Crippen molar-refractivity contribution < 1.29 is 17.5 Å². The van der Waals surface area contributed by atoms with Gasteiger partial charge in [0, 0.05) is 12.6 Å². The van der Waals surface area contributed by atoms with Gasteiger partial charge in [-0.25, -0.2) is 17.5 Å². The summed E-state index contributed by atoms with van der Waals surface area (Å²) in [5, 5.41) is 0. The predicted molar refractivity (Wildman–Crippen MR) is 64.0 cm³/mol. The molecule has 96 valence electrons. The third kappa shape index (κ3) is 5.65. The molecule has 1 atom stereocenters. The van der Waals surface area contributed by atoms with Crippen molar-refractivity contribution in [2.75, 3.05) is 12.8 Å². The minimum Gasteiger partial charge on any atom is -0.489 e. The smallest absolute Gasteiger partial charge is 0.208 e. The first-order valence-electron chi connectivity index (χ1n) is 5.27. The molecular formula is C11H16FNO3S. The first-order valence-corrected chi connectivity index (χ1v) is 7.16. The molecule has 1 N–H and O–H groups in total. The second kappa shape index (κ2) is 5.97. The Balaban J connectivity index is 2.58. The molecule has 0 saturated carbocycles. The van der Waals surface area contributed by atoms with Gasteiger partial charge in [0.2, 0.25) is 10.0 Å². The largest absolute Gasteiger partial charge is 0.489 e. The Bertz CT molecular complexity index is 462. The highest BCUT2D eigenvalue weighted by atomic mass is 32.2. The average Bonchev–Trinajstić information content (AvgIpc) is 2.23. The molecule has 0 aliphatic rings. The van der Waals surface area contributed by atoms with Crippen LogP contribution in [-0.4, -0.2) is 27.3 Å². The molecule has 0 spiro atoms. The van der Waals surface area contributed by atoms with Crippen LogP contribution in [0, 0.1) is 5.82 Å². The molecule has 0 aliphatic heterocycles. The van der Waals surface area contributed by atoms with Gasteiger partial charge in [0.15, 0.2) is 0 Å². The molecule has 0 saturated heterocycles. The summed E-state index contributed by atoms with van der Waals surface area (Å²) in [6, 6.07) is 5.76. The van der Waals surface area contributed by atoms with Gasteiger partial charge < -0.3 is 4.74 Å². The number of hydrogen-bond donors (Lipinski definition) is 1. The molecule has 6 heteroatoms. The van der Waals surface area contributed by atoms with Crippen molar-refractivity contribution in [1.29, 1.82) is 0 Å². The SMILES string of the molecule is CC[C@H](CNS(C)(=O)=O)Oc1cccc(F)c1. The molecule has 0 bridgehead atoms. The fraction of sp³-hybridized carbons (Fsp3) is 0.455. The summed E-state index contributed by atoms with van der Waals surface area (Å²) in [6.07, 6.45) is 1.40. The summed E-state index contributed by atoms with van der Waals surface area (Å²) in [5.74, 6) is 0.0144. The van der Waals surface area contributed by atoms with Crippen LogP contribution in [0.5, 0.6) is 5.75 Å². The van der Waals surface area contributed by atoms with Gasteiger partial charge in [-0.15, -0.1) is 0 Å². The van der Waals surface area contributed by atoms with Crippen molar-refractivity contribution in [2.24, 2.45) is 0 Å². The molecule has 0 fully saturated rings. The summed E-state index contributed by atoms with van der Waals surface area (Å²) in [7, 11) is -3.23. The first-order chi connectivity index (χ1) is 7.90. The fourth-order valence-corrected chi connectivity index (χ4v) is 1.74. The van der Waals surface area contributed by atoms with Crippen molar-refractivity contribution in [3.05, 3.63) is 30.1 Å². The Morgan fingerprint density at radius 1 is 1.47 bits per heavy atom. The Labute approximate surface area is 101 Å². The zero-order valence-corrected chi connectivity index (χ0v) is 10.6. The lowest BCUT2D eigenvalue weighted by Gasteiger charge is -2.17. The van der Waals surface area contributed by atoms with Crippen LogP contribution in [-0.2, 0) is 10.0 Å². The molecule has 0 heterocycles. The minimum atomic E-state index is -3.23. The van der Waals surface area contributed by atoms with E-state index in [9.17, 15) is 12.8 Å². The summed E-state index contributed by atoms with van der Waals surface area (Å²) >= 11 is 0. The Morgan fingerprint density at radius 3 is 2.71 bits per heavy atom. The van der Waals surface area contributed by atoms with Crippen molar-refractivity contribution in [1.82, 2.24) is 4.72 Å². The maximum Gasteiger partial charge on any atom is 0.208 e. The lowest BCUT2D eigenvalue weighted by molar-refractivity contribution is 0.200. The summed E-state index contributed by atoms with van der Waals surface area (Å²) in [4.78, 5) is 0. The van der Waals surface area contributed by atoms with E-state index >= 15 is 0 Å². The minimum absolute atomic E-state index is 0.172. The second-order valence-corrected chi connectivity index (χ2v) is 5.56. The summed E-state index contributed by atoms with van der Waals surface area (Å²) < 4.78 is 42.6. The Kier molecular flexibility index (Phi) is 4.89. The summed E-state index contributed by atoms with van der Waals surface area (Å²) in [6.45, 7) is 2.04. The van der Waals surface area contributed by atoms with E-state index in [-0.39, 0.29) is 18.5 Å². The Morgan fingerprint density at radius 2 is 2.18 bits per heavy atom. The second-order valence-electron chi connectivity index (χ2n) is 3.73. The van der Waals surface area contributed by atoms with E-state index in [4.69, 9.17) is 4.74 Å². The van der Waals surface area contributed by atoms with Crippen molar-refractivity contribution in [3.8, 4) is 5.75 Å². The van der Waals surface area contributed by atoms with Crippen molar-refractivity contribution in [3.63, 3.8) is 0 Å². The highest BCUT2D eigenvalue weighted by molar-refractivity contribution is 7.88. The van der Waals surface area contributed by atoms with E-state index in [1.54, 1.807) is 12.1 Å². The quantitative estimate of drug-likeness (QED) is 0.845. The normalized spacial score (nSPS) is 13.4.